The normalized spacial score (nSPS) is 47.8. The summed E-state index contributed by atoms with van der Waals surface area (Å²) in [5, 5.41) is 0. The molecule has 0 amide bonds. The molecule has 0 aromatic rings. The summed E-state index contributed by atoms with van der Waals surface area (Å²) in [7, 11) is 0. The highest BCUT2D eigenvalue weighted by Gasteiger charge is 2.60. The van der Waals surface area contributed by atoms with Crippen molar-refractivity contribution >= 4 is 0 Å². The molecule has 0 spiro atoms. The summed E-state index contributed by atoms with van der Waals surface area (Å²) < 4.78 is 0. The molecule has 9 atom stereocenters. The zero-order valence-electron chi connectivity index (χ0n) is 20.1. The standard InChI is InChI=1S/C28H47N/c1-19(2)8-7-9-20(3)24-12-13-25-23-11-10-21-18-22(29-6)14-16-27(21,4)26(23)15-17-28(24,25)5/h19-26H,7-18H2,1-5H3/t20-,21+,22-,23+,24-,25+,26+,27+,28-/m1/s1. The maximum atomic E-state index is 7.53. The van der Waals surface area contributed by atoms with Crippen LogP contribution in [-0.4, -0.2) is 6.04 Å². The Hall–Kier alpha value is -0.510. The van der Waals surface area contributed by atoms with Crippen LogP contribution in [0.1, 0.15) is 112 Å². The fourth-order valence-electron chi connectivity index (χ4n) is 9.38. The molecular formula is C28H47N. The Labute approximate surface area is 181 Å². The summed E-state index contributed by atoms with van der Waals surface area (Å²) in [6.07, 6.45) is 16.9. The number of nitrogens with zero attached hydrogens (tertiary/aromatic N) is 1. The zero-order valence-corrected chi connectivity index (χ0v) is 20.1. The monoisotopic (exact) mass is 397 g/mol. The fourth-order valence-corrected chi connectivity index (χ4v) is 9.38. The van der Waals surface area contributed by atoms with E-state index in [2.05, 4.69) is 39.5 Å². The molecule has 0 heterocycles. The van der Waals surface area contributed by atoms with Gasteiger partial charge in [-0.05, 0) is 97.2 Å². The van der Waals surface area contributed by atoms with Crippen LogP contribution in [0.2, 0.25) is 0 Å². The van der Waals surface area contributed by atoms with Crippen LogP contribution < -0.4 is 0 Å². The van der Waals surface area contributed by atoms with Crippen molar-refractivity contribution in [3.8, 4) is 0 Å². The van der Waals surface area contributed by atoms with Gasteiger partial charge in [-0.15, -0.1) is 0 Å². The third-order valence-electron chi connectivity index (χ3n) is 11.0. The van der Waals surface area contributed by atoms with Crippen LogP contribution in [0.3, 0.4) is 0 Å². The third-order valence-corrected chi connectivity index (χ3v) is 11.0. The van der Waals surface area contributed by atoms with Crippen molar-refractivity contribution in [2.24, 2.45) is 52.3 Å². The van der Waals surface area contributed by atoms with Crippen molar-refractivity contribution in [2.45, 2.75) is 118 Å². The van der Waals surface area contributed by atoms with E-state index in [1.165, 1.54) is 77.0 Å². The largest absolute Gasteiger partial charge is 0.314 e. The quantitative estimate of drug-likeness (QED) is 0.410. The van der Waals surface area contributed by atoms with E-state index in [0.717, 1.165) is 41.4 Å². The lowest BCUT2D eigenvalue weighted by molar-refractivity contribution is -0.115. The molecule has 0 N–H and O–H groups in total. The van der Waals surface area contributed by atoms with Gasteiger partial charge >= 0.3 is 0 Å². The molecule has 0 aromatic heterocycles. The number of hydrogen-bond acceptors (Lipinski definition) is 0. The first-order chi connectivity index (χ1) is 13.8. The van der Waals surface area contributed by atoms with Gasteiger partial charge in [-0.3, -0.25) is 0 Å². The van der Waals surface area contributed by atoms with Gasteiger partial charge in [0.15, 0.2) is 0 Å². The molecule has 29 heavy (non-hydrogen) atoms. The number of hydrogen-bond donors (Lipinski definition) is 0. The minimum absolute atomic E-state index is 0.334. The van der Waals surface area contributed by atoms with E-state index < -0.39 is 0 Å². The highest BCUT2D eigenvalue weighted by atomic mass is 14.7. The molecule has 0 unspecified atom stereocenters. The van der Waals surface area contributed by atoms with Gasteiger partial charge in [0, 0.05) is 12.8 Å². The van der Waals surface area contributed by atoms with Crippen LogP contribution in [0.5, 0.6) is 0 Å². The molecule has 4 aliphatic rings. The molecule has 0 saturated heterocycles. The van der Waals surface area contributed by atoms with E-state index in [0.29, 0.717) is 16.9 Å². The molecule has 1 nitrogen and oxygen atoms in total. The number of fused-ring (bicyclic) bond motifs is 5. The molecular weight excluding hydrogens is 350 g/mol. The Morgan fingerprint density at radius 3 is 2.31 bits per heavy atom. The molecule has 0 radical (unpaired) electrons. The van der Waals surface area contributed by atoms with Crippen LogP contribution in [-0.2, 0) is 0 Å². The van der Waals surface area contributed by atoms with Crippen molar-refractivity contribution in [3.63, 3.8) is 0 Å². The minimum Gasteiger partial charge on any atom is -0.314 e. The second kappa shape index (κ2) is 8.20. The molecule has 0 aromatic carbocycles. The van der Waals surface area contributed by atoms with Gasteiger partial charge in [-0.1, -0.05) is 53.9 Å². The van der Waals surface area contributed by atoms with Crippen molar-refractivity contribution in [3.05, 3.63) is 11.4 Å². The first-order valence-electron chi connectivity index (χ1n) is 13.2. The SMILES string of the molecule is [C-]#[N+][C@@H]1CC[C@@]2(C)[C@@H](CC[C@@H]3[C@@H]2CC[C@]2(C)[C@@H]([C@H](C)CCCC(C)C)CC[C@@H]32)C1. The summed E-state index contributed by atoms with van der Waals surface area (Å²) in [6.45, 7) is 20.2. The van der Waals surface area contributed by atoms with Crippen molar-refractivity contribution in [1.29, 1.82) is 0 Å². The molecule has 1 heteroatoms. The average molecular weight is 398 g/mol. The predicted octanol–water partition coefficient (Wildman–Crippen LogP) is 8.40. The van der Waals surface area contributed by atoms with Crippen molar-refractivity contribution in [1.82, 2.24) is 0 Å². The lowest BCUT2D eigenvalue weighted by atomic mass is 9.44. The van der Waals surface area contributed by atoms with Crippen molar-refractivity contribution in [2.75, 3.05) is 0 Å². The van der Waals surface area contributed by atoms with Gasteiger partial charge in [-0.2, -0.15) is 0 Å². The maximum Gasteiger partial charge on any atom is 0.224 e. The summed E-state index contributed by atoms with van der Waals surface area (Å²) in [5.74, 6) is 6.54. The smallest absolute Gasteiger partial charge is 0.224 e. The topological polar surface area (TPSA) is 4.36 Å². The Morgan fingerprint density at radius 1 is 0.862 bits per heavy atom. The first-order valence-corrected chi connectivity index (χ1v) is 13.2. The Morgan fingerprint density at radius 2 is 1.59 bits per heavy atom. The van der Waals surface area contributed by atoms with Crippen molar-refractivity contribution < 1.29 is 0 Å². The molecule has 4 fully saturated rings. The average Bonchev–Trinajstić information content (AvgIpc) is 3.04. The van der Waals surface area contributed by atoms with Crippen LogP contribution in [0.15, 0.2) is 0 Å². The Balaban J connectivity index is 1.46. The van der Waals surface area contributed by atoms with Gasteiger partial charge in [0.25, 0.3) is 0 Å². The molecule has 4 saturated carbocycles. The molecule has 0 aliphatic heterocycles. The minimum atomic E-state index is 0.334. The second-order valence-electron chi connectivity index (χ2n) is 12.7. The maximum absolute atomic E-state index is 7.53. The summed E-state index contributed by atoms with van der Waals surface area (Å²) in [6, 6.07) is 0.334. The van der Waals surface area contributed by atoms with Crippen LogP contribution in [0.4, 0.5) is 0 Å². The van der Waals surface area contributed by atoms with Gasteiger partial charge in [0.05, 0.1) is 0 Å². The van der Waals surface area contributed by atoms with Crippen LogP contribution >= 0.6 is 0 Å². The van der Waals surface area contributed by atoms with Gasteiger partial charge in [0.2, 0.25) is 6.04 Å². The lowest BCUT2D eigenvalue weighted by Crippen LogP contribution is -2.54. The van der Waals surface area contributed by atoms with E-state index in [9.17, 15) is 0 Å². The van der Waals surface area contributed by atoms with E-state index >= 15 is 0 Å². The Bertz CT molecular complexity index is 616. The van der Waals surface area contributed by atoms with Gasteiger partial charge in [-0.25, -0.2) is 6.57 Å². The third kappa shape index (κ3) is 3.70. The van der Waals surface area contributed by atoms with E-state index in [-0.39, 0.29) is 0 Å². The molecule has 4 rings (SSSR count). The van der Waals surface area contributed by atoms with Gasteiger partial charge < -0.3 is 4.85 Å². The van der Waals surface area contributed by atoms with E-state index in [1.54, 1.807) is 0 Å². The van der Waals surface area contributed by atoms with Crippen LogP contribution in [0.25, 0.3) is 4.85 Å². The van der Waals surface area contributed by atoms with E-state index in [1.807, 2.05) is 0 Å². The lowest BCUT2D eigenvalue weighted by Gasteiger charge is -2.60. The Kier molecular flexibility index (Phi) is 6.14. The first kappa shape index (κ1) is 21.7. The molecule has 0 bridgehead atoms. The van der Waals surface area contributed by atoms with Gasteiger partial charge in [0.1, 0.15) is 0 Å². The van der Waals surface area contributed by atoms with E-state index in [4.69, 9.17) is 6.57 Å². The summed E-state index contributed by atoms with van der Waals surface area (Å²) >= 11 is 0. The highest BCUT2D eigenvalue weighted by molar-refractivity contribution is 5.10. The van der Waals surface area contributed by atoms with Crippen LogP contribution in [0, 0.1) is 58.8 Å². The highest BCUT2D eigenvalue weighted by Crippen LogP contribution is 2.68. The molecule has 164 valence electrons. The fraction of sp³-hybridized carbons (Fsp3) is 0.964. The number of rotatable bonds is 5. The zero-order chi connectivity index (χ0) is 20.8. The second-order valence-corrected chi connectivity index (χ2v) is 12.7. The molecule has 4 aliphatic carbocycles. The summed E-state index contributed by atoms with van der Waals surface area (Å²) in [4.78, 5) is 3.95. The predicted molar refractivity (Wildman–Crippen MR) is 123 cm³/mol. The summed E-state index contributed by atoms with van der Waals surface area (Å²) in [5.41, 5.74) is 1.17.